The Morgan fingerprint density at radius 1 is 0.833 bits per heavy atom. The standard InChI is InChI=1S/C12H14O6/c1-3-5-7(11(15)16)10(14)6(4-2)8(9(5)13)12(17)18/h13-14H,3-4H2,1-2H3,(H,15,16)(H,17,18). The summed E-state index contributed by atoms with van der Waals surface area (Å²) in [5.74, 6) is -3.97. The molecule has 4 N–H and O–H groups in total. The van der Waals surface area contributed by atoms with Crippen LogP contribution in [-0.4, -0.2) is 32.4 Å². The second-order valence-corrected chi connectivity index (χ2v) is 3.72. The molecular formula is C12H14O6. The SMILES string of the molecule is CCc1c(O)c(C(=O)O)c(CC)c(O)c1C(=O)O. The van der Waals surface area contributed by atoms with Crippen molar-refractivity contribution in [3.8, 4) is 11.5 Å². The second-order valence-electron chi connectivity index (χ2n) is 3.72. The zero-order chi connectivity index (χ0) is 14.0. The van der Waals surface area contributed by atoms with Crippen LogP contribution in [0.2, 0.25) is 0 Å². The average Bonchev–Trinajstić information content (AvgIpc) is 2.29. The van der Waals surface area contributed by atoms with Crippen LogP contribution < -0.4 is 0 Å². The molecule has 0 saturated carbocycles. The summed E-state index contributed by atoms with van der Waals surface area (Å²) in [5.41, 5.74) is -1.02. The van der Waals surface area contributed by atoms with Gasteiger partial charge in [-0.15, -0.1) is 0 Å². The summed E-state index contributed by atoms with van der Waals surface area (Å²) in [6.07, 6.45) is 0.205. The lowest BCUT2D eigenvalue weighted by molar-refractivity contribution is 0.0672. The summed E-state index contributed by atoms with van der Waals surface area (Å²) >= 11 is 0. The van der Waals surface area contributed by atoms with Crippen LogP contribution in [-0.2, 0) is 12.8 Å². The van der Waals surface area contributed by atoms with Gasteiger partial charge in [0.25, 0.3) is 0 Å². The van der Waals surface area contributed by atoms with Gasteiger partial charge in [0.1, 0.15) is 22.6 Å². The van der Waals surface area contributed by atoms with Gasteiger partial charge in [0.05, 0.1) is 0 Å². The minimum atomic E-state index is -1.40. The van der Waals surface area contributed by atoms with E-state index in [1.807, 2.05) is 0 Å². The first-order valence-electron chi connectivity index (χ1n) is 5.42. The van der Waals surface area contributed by atoms with E-state index in [0.29, 0.717) is 0 Å². The zero-order valence-electron chi connectivity index (χ0n) is 10.0. The molecular weight excluding hydrogens is 240 g/mol. The van der Waals surface area contributed by atoms with Crippen LogP contribution in [0.25, 0.3) is 0 Å². The lowest BCUT2D eigenvalue weighted by Crippen LogP contribution is -2.11. The third-order valence-corrected chi connectivity index (χ3v) is 2.78. The van der Waals surface area contributed by atoms with Crippen molar-refractivity contribution in [1.29, 1.82) is 0 Å². The molecule has 1 aromatic carbocycles. The van der Waals surface area contributed by atoms with Crippen molar-refractivity contribution in [3.63, 3.8) is 0 Å². The number of carboxylic acid groups (broad SMARTS) is 2. The predicted molar refractivity (Wildman–Crippen MR) is 62.4 cm³/mol. The van der Waals surface area contributed by atoms with Crippen LogP contribution in [0.4, 0.5) is 0 Å². The van der Waals surface area contributed by atoms with E-state index >= 15 is 0 Å². The number of aromatic hydroxyl groups is 2. The van der Waals surface area contributed by atoms with E-state index in [9.17, 15) is 19.8 Å². The predicted octanol–water partition coefficient (Wildman–Crippen LogP) is 1.62. The van der Waals surface area contributed by atoms with E-state index in [4.69, 9.17) is 10.2 Å². The molecule has 0 unspecified atom stereocenters. The van der Waals surface area contributed by atoms with Crippen LogP contribution >= 0.6 is 0 Å². The highest BCUT2D eigenvalue weighted by Crippen LogP contribution is 2.38. The minimum Gasteiger partial charge on any atom is -0.507 e. The molecule has 0 bridgehead atoms. The Balaban J connectivity index is 3.85. The highest BCUT2D eigenvalue weighted by atomic mass is 16.4. The van der Waals surface area contributed by atoms with Gasteiger partial charge < -0.3 is 20.4 Å². The average molecular weight is 254 g/mol. The van der Waals surface area contributed by atoms with E-state index in [1.54, 1.807) is 13.8 Å². The fourth-order valence-corrected chi connectivity index (χ4v) is 1.97. The number of hydrogen-bond acceptors (Lipinski definition) is 4. The number of carbonyl (C=O) groups is 2. The Bertz CT molecular complexity index is 470. The van der Waals surface area contributed by atoms with E-state index in [2.05, 4.69) is 0 Å². The highest BCUT2D eigenvalue weighted by Gasteiger charge is 2.28. The summed E-state index contributed by atoms with van der Waals surface area (Å²) in [7, 11) is 0. The van der Waals surface area contributed by atoms with Gasteiger partial charge in [-0.1, -0.05) is 13.8 Å². The van der Waals surface area contributed by atoms with Crippen molar-refractivity contribution < 1.29 is 30.0 Å². The smallest absolute Gasteiger partial charge is 0.339 e. The molecule has 1 rings (SSSR count). The summed E-state index contributed by atoms with van der Waals surface area (Å²) in [4.78, 5) is 22.2. The van der Waals surface area contributed by atoms with Gasteiger partial charge >= 0.3 is 11.9 Å². The summed E-state index contributed by atoms with van der Waals surface area (Å²) in [6.45, 7) is 3.14. The van der Waals surface area contributed by atoms with Gasteiger partial charge in [-0.2, -0.15) is 0 Å². The summed E-state index contributed by atoms with van der Waals surface area (Å²) in [5, 5.41) is 37.8. The molecule has 0 radical (unpaired) electrons. The first kappa shape index (κ1) is 13.8. The quantitative estimate of drug-likeness (QED) is 0.607. The zero-order valence-corrected chi connectivity index (χ0v) is 10.0. The Morgan fingerprint density at radius 2 is 1.11 bits per heavy atom. The first-order valence-corrected chi connectivity index (χ1v) is 5.42. The van der Waals surface area contributed by atoms with Crippen molar-refractivity contribution in [1.82, 2.24) is 0 Å². The molecule has 0 aliphatic heterocycles. The van der Waals surface area contributed by atoms with Crippen molar-refractivity contribution >= 4 is 11.9 Å². The third-order valence-electron chi connectivity index (χ3n) is 2.78. The van der Waals surface area contributed by atoms with Gasteiger partial charge in [-0.05, 0) is 12.8 Å². The van der Waals surface area contributed by atoms with E-state index in [0.717, 1.165) is 0 Å². The molecule has 0 atom stereocenters. The number of carboxylic acids is 2. The van der Waals surface area contributed by atoms with Crippen molar-refractivity contribution in [2.75, 3.05) is 0 Å². The van der Waals surface area contributed by atoms with Crippen LogP contribution in [0.1, 0.15) is 45.7 Å². The molecule has 6 heteroatoms. The maximum atomic E-state index is 11.1. The topological polar surface area (TPSA) is 115 Å². The number of phenols is 2. The van der Waals surface area contributed by atoms with Gasteiger partial charge in [0.15, 0.2) is 0 Å². The Morgan fingerprint density at radius 3 is 1.28 bits per heavy atom. The van der Waals surface area contributed by atoms with Gasteiger partial charge in [-0.3, -0.25) is 0 Å². The van der Waals surface area contributed by atoms with Crippen molar-refractivity contribution in [3.05, 3.63) is 22.3 Å². The summed E-state index contributed by atoms with van der Waals surface area (Å²) < 4.78 is 0. The lowest BCUT2D eigenvalue weighted by Gasteiger charge is -2.15. The molecule has 0 aliphatic carbocycles. The van der Waals surface area contributed by atoms with Gasteiger partial charge in [-0.25, -0.2) is 9.59 Å². The van der Waals surface area contributed by atoms with Crippen LogP contribution in [0.5, 0.6) is 11.5 Å². The number of benzene rings is 1. The molecule has 98 valence electrons. The lowest BCUT2D eigenvalue weighted by atomic mass is 9.92. The molecule has 0 aromatic heterocycles. The van der Waals surface area contributed by atoms with Crippen LogP contribution in [0.3, 0.4) is 0 Å². The van der Waals surface area contributed by atoms with Crippen molar-refractivity contribution in [2.45, 2.75) is 26.7 Å². The minimum absolute atomic E-state index is 0.0744. The summed E-state index contributed by atoms with van der Waals surface area (Å²) in [6, 6.07) is 0. The molecule has 0 heterocycles. The molecule has 0 saturated heterocycles. The number of hydrogen-bond donors (Lipinski definition) is 4. The number of rotatable bonds is 4. The third kappa shape index (κ3) is 1.97. The fraction of sp³-hybridized carbons (Fsp3) is 0.333. The van der Waals surface area contributed by atoms with Gasteiger partial charge in [0, 0.05) is 11.1 Å². The molecule has 0 aliphatic rings. The Labute approximate surface area is 103 Å². The molecule has 0 spiro atoms. The molecule has 18 heavy (non-hydrogen) atoms. The van der Waals surface area contributed by atoms with Crippen LogP contribution in [0, 0.1) is 0 Å². The Kier molecular flexibility index (Phi) is 3.80. The normalized spacial score (nSPS) is 10.3. The molecule has 1 aromatic rings. The fourth-order valence-electron chi connectivity index (χ4n) is 1.97. The first-order chi connectivity index (χ1) is 8.36. The molecule has 0 amide bonds. The van der Waals surface area contributed by atoms with E-state index < -0.39 is 34.6 Å². The van der Waals surface area contributed by atoms with Crippen LogP contribution in [0.15, 0.2) is 0 Å². The monoisotopic (exact) mass is 254 g/mol. The highest BCUT2D eigenvalue weighted by molar-refractivity contribution is 6.00. The van der Waals surface area contributed by atoms with E-state index in [-0.39, 0.29) is 24.0 Å². The van der Waals surface area contributed by atoms with Crippen molar-refractivity contribution in [2.24, 2.45) is 0 Å². The maximum Gasteiger partial charge on any atom is 0.339 e. The second kappa shape index (κ2) is 4.95. The molecule has 0 fully saturated rings. The maximum absolute atomic E-state index is 11.1. The van der Waals surface area contributed by atoms with E-state index in [1.165, 1.54) is 0 Å². The molecule has 6 nitrogen and oxygen atoms in total. The number of aromatic carboxylic acids is 2. The largest absolute Gasteiger partial charge is 0.507 e. The Hall–Kier alpha value is -2.24. The van der Waals surface area contributed by atoms with Gasteiger partial charge in [0.2, 0.25) is 0 Å².